The van der Waals surface area contributed by atoms with E-state index >= 15 is 0 Å². The van der Waals surface area contributed by atoms with Gasteiger partial charge in [0.05, 0.1) is 13.2 Å². The Kier molecular flexibility index (Phi) is 6.76. The summed E-state index contributed by atoms with van der Waals surface area (Å²) in [6.45, 7) is 3.77. The minimum absolute atomic E-state index is 0.0125. The number of benzene rings is 1. The third-order valence-electron chi connectivity index (χ3n) is 5.46. The Bertz CT molecular complexity index is 509. The molecule has 0 aromatic heterocycles. The highest BCUT2D eigenvalue weighted by Gasteiger charge is 2.32. The molecule has 3 rings (SSSR count). The highest BCUT2D eigenvalue weighted by Crippen LogP contribution is 2.35. The molecule has 1 aromatic rings. The second-order valence-corrected chi connectivity index (χ2v) is 7.47. The van der Waals surface area contributed by atoms with Crippen molar-refractivity contribution in [3.05, 3.63) is 47.0 Å². The predicted molar refractivity (Wildman–Crippen MR) is 99.3 cm³/mol. The Hall–Kier alpha value is -0.830. The van der Waals surface area contributed by atoms with Gasteiger partial charge in [0.25, 0.3) is 0 Å². The highest BCUT2D eigenvalue weighted by atomic mass is 35.5. The lowest BCUT2D eigenvalue weighted by molar-refractivity contribution is -0.217. The van der Waals surface area contributed by atoms with Gasteiger partial charge >= 0.3 is 0 Å². The fourth-order valence-electron chi connectivity index (χ4n) is 3.94. The van der Waals surface area contributed by atoms with Gasteiger partial charge in [-0.25, -0.2) is 0 Å². The first-order chi connectivity index (χ1) is 11.8. The Morgan fingerprint density at radius 3 is 2.29 bits per heavy atom. The molecule has 0 radical (unpaired) electrons. The fraction of sp³-hybridized carbons (Fsp3) is 0.619. The molecule has 3 heteroatoms. The Balaban J connectivity index is 1.47. The molecule has 1 aromatic carbocycles. The standard InChI is InChI=1S/C21H29ClO2/c1-2-3-16-4-8-18(9-5-16)20-14-23-21(24-15-20)19-10-6-17(7-11-19)12-13-22/h4-5,8-9,12-13,17,19-21H,2-3,6-7,10-11,14-15H2,1H3. The molecule has 1 heterocycles. The smallest absolute Gasteiger partial charge is 0.160 e. The van der Waals surface area contributed by atoms with Crippen LogP contribution in [0.5, 0.6) is 0 Å². The summed E-state index contributed by atoms with van der Waals surface area (Å²) in [6, 6.07) is 8.98. The maximum Gasteiger partial charge on any atom is 0.160 e. The van der Waals surface area contributed by atoms with E-state index in [1.54, 1.807) is 5.54 Å². The summed E-state index contributed by atoms with van der Waals surface area (Å²) in [5.41, 5.74) is 4.42. The fourth-order valence-corrected chi connectivity index (χ4v) is 4.15. The molecule has 2 aliphatic rings. The quantitative estimate of drug-likeness (QED) is 0.684. The summed E-state index contributed by atoms with van der Waals surface area (Å²) >= 11 is 5.69. The van der Waals surface area contributed by atoms with Gasteiger partial charge in [0, 0.05) is 17.4 Å². The number of ether oxygens (including phenoxy) is 2. The molecule has 2 fully saturated rings. The molecule has 0 unspecified atom stereocenters. The normalized spacial score (nSPS) is 31.4. The van der Waals surface area contributed by atoms with Gasteiger partial charge in [-0.15, -0.1) is 0 Å². The molecular formula is C21H29ClO2. The molecule has 1 aliphatic carbocycles. The van der Waals surface area contributed by atoms with Crippen LogP contribution in [-0.4, -0.2) is 19.5 Å². The molecule has 0 atom stereocenters. The van der Waals surface area contributed by atoms with Crippen LogP contribution in [0.15, 0.2) is 35.9 Å². The maximum atomic E-state index is 6.09. The zero-order valence-electron chi connectivity index (χ0n) is 14.6. The van der Waals surface area contributed by atoms with Gasteiger partial charge in [0.2, 0.25) is 0 Å². The first-order valence-electron chi connectivity index (χ1n) is 9.39. The summed E-state index contributed by atoms with van der Waals surface area (Å²) in [5, 5.41) is 0. The van der Waals surface area contributed by atoms with Gasteiger partial charge in [0.1, 0.15) is 0 Å². The van der Waals surface area contributed by atoms with Crippen molar-refractivity contribution in [2.24, 2.45) is 11.8 Å². The summed E-state index contributed by atoms with van der Waals surface area (Å²) in [7, 11) is 0. The van der Waals surface area contributed by atoms with Crippen LogP contribution in [0.2, 0.25) is 0 Å². The number of halogens is 1. The van der Waals surface area contributed by atoms with E-state index in [1.165, 1.54) is 43.2 Å². The van der Waals surface area contributed by atoms with Crippen LogP contribution < -0.4 is 0 Å². The Labute approximate surface area is 151 Å². The van der Waals surface area contributed by atoms with Crippen molar-refractivity contribution in [2.45, 2.75) is 57.7 Å². The lowest BCUT2D eigenvalue weighted by Gasteiger charge is -2.37. The topological polar surface area (TPSA) is 18.5 Å². The minimum atomic E-state index is -0.0125. The number of rotatable bonds is 5. The van der Waals surface area contributed by atoms with Crippen LogP contribution in [0, 0.1) is 11.8 Å². The molecule has 0 N–H and O–H groups in total. The molecule has 1 aliphatic heterocycles. The first kappa shape index (κ1) is 18.0. The van der Waals surface area contributed by atoms with Crippen molar-refractivity contribution in [3.8, 4) is 0 Å². The number of hydrogen-bond donors (Lipinski definition) is 0. The molecule has 0 spiro atoms. The summed E-state index contributed by atoms with van der Waals surface area (Å²) in [4.78, 5) is 0. The van der Waals surface area contributed by atoms with Gasteiger partial charge < -0.3 is 9.47 Å². The van der Waals surface area contributed by atoms with Crippen molar-refractivity contribution in [2.75, 3.05) is 13.2 Å². The van der Waals surface area contributed by atoms with E-state index in [2.05, 4.69) is 37.3 Å². The summed E-state index contributed by atoms with van der Waals surface area (Å²) in [6.07, 6.45) is 9.19. The zero-order valence-corrected chi connectivity index (χ0v) is 15.4. The number of aryl methyl sites for hydroxylation is 1. The van der Waals surface area contributed by atoms with Crippen molar-refractivity contribution >= 4 is 11.6 Å². The first-order valence-corrected chi connectivity index (χ1v) is 9.82. The van der Waals surface area contributed by atoms with E-state index < -0.39 is 0 Å². The lowest BCUT2D eigenvalue weighted by Crippen LogP contribution is -2.37. The average Bonchev–Trinajstić information content (AvgIpc) is 2.64. The third kappa shape index (κ3) is 4.62. The van der Waals surface area contributed by atoms with Crippen LogP contribution in [0.1, 0.15) is 56.1 Å². The van der Waals surface area contributed by atoms with Gasteiger partial charge in [-0.3, -0.25) is 0 Å². The molecule has 0 amide bonds. The van der Waals surface area contributed by atoms with E-state index in [-0.39, 0.29) is 6.29 Å². The zero-order chi connectivity index (χ0) is 16.8. The lowest BCUT2D eigenvalue weighted by atomic mass is 9.81. The molecule has 0 bridgehead atoms. The van der Waals surface area contributed by atoms with Gasteiger partial charge in [0.15, 0.2) is 6.29 Å². The second kappa shape index (κ2) is 9.03. The number of allylic oxidation sites excluding steroid dienone is 1. The predicted octanol–water partition coefficient (Wildman–Crippen LogP) is 5.65. The number of hydrogen-bond acceptors (Lipinski definition) is 2. The van der Waals surface area contributed by atoms with Crippen molar-refractivity contribution in [3.63, 3.8) is 0 Å². The largest absolute Gasteiger partial charge is 0.352 e. The average molecular weight is 349 g/mol. The van der Waals surface area contributed by atoms with Crippen molar-refractivity contribution in [1.29, 1.82) is 0 Å². The second-order valence-electron chi connectivity index (χ2n) is 7.22. The molecule has 1 saturated heterocycles. The van der Waals surface area contributed by atoms with Crippen LogP contribution in [-0.2, 0) is 15.9 Å². The SMILES string of the molecule is CCCc1ccc(C2COC(C3CCC(C=CCl)CC3)OC2)cc1. The van der Waals surface area contributed by atoms with E-state index in [0.717, 1.165) is 19.6 Å². The highest BCUT2D eigenvalue weighted by molar-refractivity contribution is 6.25. The van der Waals surface area contributed by atoms with Crippen LogP contribution >= 0.6 is 11.6 Å². The summed E-state index contributed by atoms with van der Waals surface area (Å²) < 4.78 is 12.2. The third-order valence-corrected chi connectivity index (χ3v) is 5.60. The molecule has 1 saturated carbocycles. The van der Waals surface area contributed by atoms with E-state index in [1.807, 2.05) is 0 Å². The molecule has 24 heavy (non-hydrogen) atoms. The maximum absolute atomic E-state index is 6.09. The van der Waals surface area contributed by atoms with Gasteiger partial charge in [-0.1, -0.05) is 55.3 Å². The Morgan fingerprint density at radius 1 is 1.04 bits per heavy atom. The summed E-state index contributed by atoms with van der Waals surface area (Å²) in [5.74, 6) is 1.54. The van der Waals surface area contributed by atoms with E-state index in [0.29, 0.717) is 17.8 Å². The minimum Gasteiger partial charge on any atom is -0.352 e. The molecule has 132 valence electrons. The van der Waals surface area contributed by atoms with Crippen LogP contribution in [0.3, 0.4) is 0 Å². The monoisotopic (exact) mass is 348 g/mol. The molecule has 2 nitrogen and oxygen atoms in total. The van der Waals surface area contributed by atoms with Crippen LogP contribution in [0.25, 0.3) is 0 Å². The van der Waals surface area contributed by atoms with Crippen LogP contribution in [0.4, 0.5) is 0 Å². The van der Waals surface area contributed by atoms with Crippen molar-refractivity contribution < 1.29 is 9.47 Å². The van der Waals surface area contributed by atoms with E-state index in [9.17, 15) is 0 Å². The Morgan fingerprint density at radius 2 is 1.71 bits per heavy atom. The molecular weight excluding hydrogens is 320 g/mol. The van der Waals surface area contributed by atoms with Gasteiger partial charge in [-0.2, -0.15) is 0 Å². The van der Waals surface area contributed by atoms with Gasteiger partial charge in [-0.05, 0) is 49.1 Å². The van der Waals surface area contributed by atoms with E-state index in [4.69, 9.17) is 21.1 Å². The van der Waals surface area contributed by atoms with Crippen molar-refractivity contribution in [1.82, 2.24) is 0 Å².